The summed E-state index contributed by atoms with van der Waals surface area (Å²) in [5, 5.41) is 7.75. The third-order valence-electron chi connectivity index (χ3n) is 5.69. The lowest BCUT2D eigenvalue weighted by atomic mass is 10.1. The Morgan fingerprint density at radius 1 is 1.16 bits per heavy atom. The van der Waals surface area contributed by atoms with Gasteiger partial charge in [0.05, 0.1) is 11.3 Å². The zero-order chi connectivity index (χ0) is 22.5. The van der Waals surface area contributed by atoms with Gasteiger partial charge in [-0.15, -0.1) is 0 Å². The smallest absolute Gasteiger partial charge is 0.258 e. The van der Waals surface area contributed by atoms with Crippen LogP contribution in [0.1, 0.15) is 34.3 Å². The second kappa shape index (κ2) is 10.2. The maximum atomic E-state index is 13.0. The average molecular weight is 452 g/mol. The Balaban J connectivity index is 1.42. The molecule has 0 unspecified atom stereocenters. The fraction of sp³-hybridized carbons (Fsp3) is 0.375. The van der Waals surface area contributed by atoms with E-state index in [0.717, 1.165) is 55.4 Å². The first kappa shape index (κ1) is 22.4. The molecule has 3 heterocycles. The van der Waals surface area contributed by atoms with Crippen LogP contribution in [0.5, 0.6) is 0 Å². The Kier molecular flexibility index (Phi) is 7.12. The molecule has 2 aromatic heterocycles. The molecule has 32 heavy (non-hydrogen) atoms. The van der Waals surface area contributed by atoms with Gasteiger partial charge in [0.1, 0.15) is 10.8 Å². The first-order chi connectivity index (χ1) is 15.5. The van der Waals surface area contributed by atoms with Crippen molar-refractivity contribution >= 4 is 29.0 Å². The number of aryl methyl sites for hydroxylation is 2. The van der Waals surface area contributed by atoms with Gasteiger partial charge in [0.15, 0.2) is 0 Å². The Morgan fingerprint density at radius 2 is 1.97 bits per heavy atom. The lowest BCUT2D eigenvalue weighted by Gasteiger charge is -2.35. The standard InChI is InChI=1S/C24H29N5O2S/c1-4-28-10-12-29(13-11-28)20-7-8-22(17(2)14-20)26-23(30)21-6-5-9-25-24(21)32-16-19-15-18(3)31-27-19/h5-9,14-15H,4,10-13,16H2,1-3H3,(H,26,30). The summed E-state index contributed by atoms with van der Waals surface area (Å²) >= 11 is 1.47. The van der Waals surface area contributed by atoms with Gasteiger partial charge in [-0.05, 0) is 56.3 Å². The van der Waals surface area contributed by atoms with E-state index < -0.39 is 0 Å². The fourth-order valence-electron chi connectivity index (χ4n) is 3.80. The van der Waals surface area contributed by atoms with Crippen LogP contribution in [0.2, 0.25) is 0 Å². The van der Waals surface area contributed by atoms with Crippen molar-refractivity contribution in [2.45, 2.75) is 31.6 Å². The molecule has 4 rings (SSSR count). The number of hydrogen-bond donors (Lipinski definition) is 1. The van der Waals surface area contributed by atoms with Crippen molar-refractivity contribution in [1.29, 1.82) is 0 Å². The molecule has 3 aromatic rings. The van der Waals surface area contributed by atoms with E-state index in [9.17, 15) is 4.79 Å². The number of anilines is 2. The molecule has 0 radical (unpaired) electrons. The first-order valence-electron chi connectivity index (χ1n) is 10.9. The van der Waals surface area contributed by atoms with Crippen molar-refractivity contribution < 1.29 is 9.32 Å². The normalized spacial score (nSPS) is 14.5. The summed E-state index contributed by atoms with van der Waals surface area (Å²) in [5.74, 6) is 1.20. The summed E-state index contributed by atoms with van der Waals surface area (Å²) in [6, 6.07) is 11.7. The minimum atomic E-state index is -0.163. The SMILES string of the molecule is CCN1CCN(c2ccc(NC(=O)c3cccnc3SCc3cc(C)on3)c(C)c2)CC1. The Bertz CT molecular complexity index is 1080. The van der Waals surface area contributed by atoms with Crippen molar-refractivity contribution in [3.63, 3.8) is 0 Å². The van der Waals surface area contributed by atoms with Crippen LogP contribution >= 0.6 is 11.8 Å². The van der Waals surface area contributed by atoms with Crippen molar-refractivity contribution in [2.75, 3.05) is 42.9 Å². The number of nitrogens with zero attached hydrogens (tertiary/aromatic N) is 4. The van der Waals surface area contributed by atoms with Gasteiger partial charge < -0.3 is 19.6 Å². The van der Waals surface area contributed by atoms with E-state index in [2.05, 4.69) is 44.3 Å². The van der Waals surface area contributed by atoms with E-state index in [4.69, 9.17) is 4.52 Å². The highest BCUT2D eigenvalue weighted by Crippen LogP contribution is 2.27. The Morgan fingerprint density at radius 3 is 2.66 bits per heavy atom. The molecule has 0 atom stereocenters. The molecule has 1 saturated heterocycles. The lowest BCUT2D eigenvalue weighted by Crippen LogP contribution is -2.46. The molecule has 0 saturated carbocycles. The average Bonchev–Trinajstić information content (AvgIpc) is 3.24. The fourth-order valence-corrected chi connectivity index (χ4v) is 4.68. The van der Waals surface area contributed by atoms with Crippen LogP contribution < -0.4 is 10.2 Å². The van der Waals surface area contributed by atoms with Crippen molar-refractivity contribution in [1.82, 2.24) is 15.0 Å². The molecule has 1 N–H and O–H groups in total. The molecule has 1 aromatic carbocycles. The predicted molar refractivity (Wildman–Crippen MR) is 128 cm³/mol. The molecule has 1 aliphatic heterocycles. The number of pyridine rings is 1. The van der Waals surface area contributed by atoms with Gasteiger partial charge in [-0.25, -0.2) is 4.98 Å². The number of likely N-dealkylation sites (N-methyl/N-ethyl adjacent to an activating group) is 1. The molecule has 1 fully saturated rings. The van der Waals surface area contributed by atoms with E-state index in [1.807, 2.05) is 26.0 Å². The molecule has 0 bridgehead atoms. The number of amides is 1. The maximum Gasteiger partial charge on any atom is 0.258 e. The number of aromatic nitrogens is 2. The monoisotopic (exact) mass is 451 g/mol. The van der Waals surface area contributed by atoms with Gasteiger partial charge in [0.2, 0.25) is 0 Å². The molecule has 8 heteroatoms. The van der Waals surface area contributed by atoms with Crippen molar-refractivity contribution in [2.24, 2.45) is 0 Å². The first-order valence-corrected chi connectivity index (χ1v) is 11.9. The van der Waals surface area contributed by atoms with Gasteiger partial charge in [-0.2, -0.15) is 0 Å². The van der Waals surface area contributed by atoms with Crippen LogP contribution in [-0.4, -0.2) is 53.7 Å². The molecular weight excluding hydrogens is 422 g/mol. The molecule has 7 nitrogen and oxygen atoms in total. The summed E-state index contributed by atoms with van der Waals surface area (Å²) in [7, 11) is 0. The third-order valence-corrected chi connectivity index (χ3v) is 6.73. The minimum Gasteiger partial charge on any atom is -0.369 e. The third kappa shape index (κ3) is 5.31. The highest BCUT2D eigenvalue weighted by atomic mass is 32.2. The molecule has 168 valence electrons. The van der Waals surface area contributed by atoms with Crippen molar-refractivity contribution in [3.8, 4) is 0 Å². The van der Waals surface area contributed by atoms with Crippen LogP contribution in [-0.2, 0) is 5.75 Å². The van der Waals surface area contributed by atoms with E-state index in [1.54, 1.807) is 18.3 Å². The second-order valence-electron chi connectivity index (χ2n) is 7.95. The van der Waals surface area contributed by atoms with E-state index >= 15 is 0 Å². The second-order valence-corrected chi connectivity index (χ2v) is 8.91. The van der Waals surface area contributed by atoms with Crippen LogP contribution in [0.25, 0.3) is 0 Å². The van der Waals surface area contributed by atoms with Gasteiger partial charge in [-0.3, -0.25) is 4.79 Å². The van der Waals surface area contributed by atoms with Gasteiger partial charge >= 0.3 is 0 Å². The highest BCUT2D eigenvalue weighted by Gasteiger charge is 2.18. The Hall–Kier alpha value is -2.84. The van der Waals surface area contributed by atoms with Crippen LogP contribution in [0, 0.1) is 13.8 Å². The number of rotatable bonds is 7. The maximum absolute atomic E-state index is 13.0. The highest BCUT2D eigenvalue weighted by molar-refractivity contribution is 7.98. The molecule has 1 amide bonds. The summed E-state index contributed by atoms with van der Waals surface area (Å²) in [6.07, 6.45) is 1.70. The minimum absolute atomic E-state index is 0.163. The van der Waals surface area contributed by atoms with Gasteiger partial charge in [0, 0.05) is 55.6 Å². The number of nitrogens with one attached hydrogen (secondary N) is 1. The largest absolute Gasteiger partial charge is 0.369 e. The van der Waals surface area contributed by atoms with Gasteiger partial charge in [-0.1, -0.05) is 23.8 Å². The summed E-state index contributed by atoms with van der Waals surface area (Å²) in [4.78, 5) is 22.3. The number of thioether (sulfide) groups is 1. The molecule has 0 aliphatic carbocycles. The van der Waals surface area contributed by atoms with Crippen LogP contribution in [0.3, 0.4) is 0 Å². The zero-order valence-corrected chi connectivity index (χ0v) is 19.6. The van der Waals surface area contributed by atoms with Crippen molar-refractivity contribution in [3.05, 3.63) is 65.2 Å². The number of hydrogen-bond acceptors (Lipinski definition) is 7. The Labute approximate surface area is 193 Å². The van der Waals surface area contributed by atoms with Crippen LogP contribution in [0.15, 0.2) is 52.1 Å². The van der Waals surface area contributed by atoms with Gasteiger partial charge in [0.25, 0.3) is 5.91 Å². The zero-order valence-electron chi connectivity index (χ0n) is 18.8. The molecular formula is C24H29N5O2S. The topological polar surface area (TPSA) is 74.5 Å². The van der Waals surface area contributed by atoms with E-state index in [1.165, 1.54) is 17.4 Å². The van der Waals surface area contributed by atoms with E-state index in [-0.39, 0.29) is 5.91 Å². The molecule has 1 aliphatic rings. The van der Waals surface area contributed by atoms with E-state index in [0.29, 0.717) is 16.3 Å². The number of carbonyl (C=O) groups excluding carboxylic acids is 1. The summed E-state index contributed by atoms with van der Waals surface area (Å²) < 4.78 is 5.12. The molecule has 0 spiro atoms. The quantitative estimate of drug-likeness (QED) is 0.535. The number of piperazine rings is 1. The number of benzene rings is 1. The van der Waals surface area contributed by atoms with Crippen LogP contribution in [0.4, 0.5) is 11.4 Å². The predicted octanol–water partition coefficient (Wildman–Crippen LogP) is 4.37. The number of carbonyl (C=O) groups is 1. The lowest BCUT2D eigenvalue weighted by molar-refractivity contribution is 0.102. The summed E-state index contributed by atoms with van der Waals surface area (Å²) in [6.45, 7) is 11.4. The summed E-state index contributed by atoms with van der Waals surface area (Å²) in [5.41, 5.74) is 4.45.